The molecule has 0 bridgehead atoms. The van der Waals surface area contributed by atoms with Crippen molar-refractivity contribution in [2.45, 2.75) is 12.8 Å². The molecule has 0 radical (unpaired) electrons. The molecule has 0 amide bonds. The van der Waals surface area contributed by atoms with E-state index in [0.717, 1.165) is 19.4 Å². The van der Waals surface area contributed by atoms with Gasteiger partial charge in [0, 0.05) is 30.9 Å². The van der Waals surface area contributed by atoms with E-state index in [1.807, 2.05) is 4.90 Å². The minimum Gasteiger partial charge on any atom is -0.355 e. The molecule has 2 aromatic rings. The number of nitrogens with zero attached hydrogens (tertiary/aromatic N) is 3. The molecule has 1 aliphatic heterocycles. The molecule has 1 fully saturated rings. The molecule has 3 N–H and O–H groups in total. The molecule has 3 heterocycles. The van der Waals surface area contributed by atoms with E-state index in [2.05, 4.69) is 15.0 Å². The van der Waals surface area contributed by atoms with Crippen molar-refractivity contribution >= 4 is 17.4 Å². The van der Waals surface area contributed by atoms with E-state index >= 15 is 0 Å². The number of pyridine rings is 1. The molecule has 0 spiro atoms. The Morgan fingerprint density at radius 2 is 2.35 bits per heavy atom. The van der Waals surface area contributed by atoms with Crippen LogP contribution in [0.3, 0.4) is 0 Å². The van der Waals surface area contributed by atoms with Crippen molar-refractivity contribution in [2.24, 2.45) is 11.7 Å². The van der Waals surface area contributed by atoms with Crippen LogP contribution in [0.4, 0.5) is 10.2 Å². The zero-order chi connectivity index (χ0) is 16.4. The maximum absolute atomic E-state index is 13.3. The van der Waals surface area contributed by atoms with Gasteiger partial charge in [0.15, 0.2) is 5.82 Å². The Morgan fingerprint density at radius 1 is 1.52 bits per heavy atom. The summed E-state index contributed by atoms with van der Waals surface area (Å²) in [5.74, 6) is 0.400. The van der Waals surface area contributed by atoms with Crippen LogP contribution in [0.5, 0.6) is 0 Å². The van der Waals surface area contributed by atoms with E-state index < -0.39 is 11.5 Å². The molecule has 0 aromatic carbocycles. The molecule has 1 saturated heterocycles. The van der Waals surface area contributed by atoms with Crippen LogP contribution < -0.4 is 16.2 Å². The summed E-state index contributed by atoms with van der Waals surface area (Å²) in [7, 11) is 0. The predicted molar refractivity (Wildman–Crippen MR) is 87.0 cm³/mol. The topological polar surface area (TPSA) is 87.9 Å². The second kappa shape index (κ2) is 6.64. The Hall–Kier alpha value is -1.99. The van der Waals surface area contributed by atoms with Gasteiger partial charge < -0.3 is 15.6 Å². The molecule has 1 atom stereocenters. The van der Waals surface area contributed by atoms with Gasteiger partial charge in [0.1, 0.15) is 10.8 Å². The first-order chi connectivity index (χ1) is 11.1. The number of rotatable bonds is 3. The smallest absolute Gasteiger partial charge is 0.272 e. The Labute approximate surface area is 137 Å². The lowest BCUT2D eigenvalue weighted by molar-refractivity contribution is 0.421. The lowest BCUT2D eigenvalue weighted by atomic mass is 9.98. The van der Waals surface area contributed by atoms with Crippen LogP contribution >= 0.6 is 11.6 Å². The number of halogens is 2. The first-order valence-corrected chi connectivity index (χ1v) is 7.83. The van der Waals surface area contributed by atoms with Crippen molar-refractivity contribution in [3.63, 3.8) is 0 Å². The third-order valence-corrected chi connectivity index (χ3v) is 4.34. The highest BCUT2D eigenvalue weighted by Crippen LogP contribution is 2.27. The van der Waals surface area contributed by atoms with E-state index in [1.54, 1.807) is 6.07 Å². The number of hydrogen-bond acceptors (Lipinski definition) is 5. The van der Waals surface area contributed by atoms with Crippen molar-refractivity contribution < 1.29 is 4.39 Å². The highest BCUT2D eigenvalue weighted by atomic mass is 35.5. The monoisotopic (exact) mass is 337 g/mol. The van der Waals surface area contributed by atoms with Crippen LogP contribution in [0.2, 0.25) is 5.02 Å². The summed E-state index contributed by atoms with van der Waals surface area (Å²) in [4.78, 5) is 24.6. The first-order valence-electron chi connectivity index (χ1n) is 7.45. The number of nitrogens with one attached hydrogen (secondary N) is 1. The predicted octanol–water partition coefficient (Wildman–Crippen LogP) is 1.80. The van der Waals surface area contributed by atoms with Gasteiger partial charge in [-0.3, -0.25) is 4.79 Å². The van der Waals surface area contributed by atoms with Crippen LogP contribution in [-0.2, 0) is 0 Å². The van der Waals surface area contributed by atoms with Gasteiger partial charge in [-0.15, -0.1) is 0 Å². The number of anilines is 1. The number of piperidine rings is 1. The molecule has 0 saturated carbocycles. The van der Waals surface area contributed by atoms with Gasteiger partial charge in [-0.05, 0) is 31.4 Å². The molecule has 0 unspecified atom stereocenters. The normalized spacial score (nSPS) is 18.2. The largest absolute Gasteiger partial charge is 0.355 e. The minimum absolute atomic E-state index is 0.0425. The van der Waals surface area contributed by atoms with Crippen LogP contribution in [0, 0.1) is 11.9 Å². The van der Waals surface area contributed by atoms with E-state index in [0.29, 0.717) is 30.4 Å². The molecule has 3 rings (SSSR count). The highest BCUT2D eigenvalue weighted by molar-refractivity contribution is 6.32. The molecule has 23 heavy (non-hydrogen) atoms. The Balaban J connectivity index is 2.02. The molecular formula is C15H17ClFN5O. The van der Waals surface area contributed by atoms with Gasteiger partial charge >= 0.3 is 0 Å². The third kappa shape index (κ3) is 3.35. The van der Waals surface area contributed by atoms with Crippen molar-refractivity contribution in [2.75, 3.05) is 24.5 Å². The van der Waals surface area contributed by atoms with Gasteiger partial charge in [0.2, 0.25) is 5.95 Å². The highest BCUT2D eigenvalue weighted by Gasteiger charge is 2.23. The number of nitrogens with two attached hydrogens (primary N) is 1. The fourth-order valence-electron chi connectivity index (χ4n) is 2.79. The zero-order valence-corrected chi connectivity index (χ0v) is 13.2. The molecule has 122 valence electrons. The quantitative estimate of drug-likeness (QED) is 0.834. The van der Waals surface area contributed by atoms with E-state index in [9.17, 15) is 9.18 Å². The van der Waals surface area contributed by atoms with Crippen LogP contribution in [0.1, 0.15) is 12.8 Å². The molecule has 1 aliphatic rings. The average molecular weight is 338 g/mol. The van der Waals surface area contributed by atoms with E-state index in [-0.39, 0.29) is 10.8 Å². The summed E-state index contributed by atoms with van der Waals surface area (Å²) >= 11 is 6.14. The number of H-pyrrole nitrogens is 1. The summed E-state index contributed by atoms with van der Waals surface area (Å²) in [6.45, 7) is 2.05. The Bertz CT molecular complexity index is 766. The molecule has 6 nitrogen and oxygen atoms in total. The Kier molecular flexibility index (Phi) is 4.58. The molecule has 0 aliphatic carbocycles. The summed E-state index contributed by atoms with van der Waals surface area (Å²) in [6.07, 6.45) is 3.34. The lowest BCUT2D eigenvalue weighted by Crippen LogP contribution is -2.39. The molecule has 8 heteroatoms. The standard InChI is InChI=1S/C15H17ClFN5O/c16-12-14(22-5-1-2-9(7-18)8-22)20-13(21-15(12)23)10-3-4-19-11(17)6-10/h3-4,6,9H,1-2,5,7-8,18H2,(H,20,21,23)/t9-/m0/s1. The van der Waals surface area contributed by atoms with E-state index in [4.69, 9.17) is 17.3 Å². The summed E-state index contributed by atoms with van der Waals surface area (Å²) in [5, 5.41) is 0.0425. The van der Waals surface area contributed by atoms with E-state index in [1.165, 1.54) is 12.3 Å². The average Bonchev–Trinajstić information content (AvgIpc) is 2.57. The van der Waals surface area contributed by atoms with Gasteiger partial charge in [-0.1, -0.05) is 11.6 Å². The van der Waals surface area contributed by atoms with Crippen LogP contribution in [0.15, 0.2) is 23.1 Å². The summed E-state index contributed by atoms with van der Waals surface area (Å²) in [5.41, 5.74) is 5.75. The van der Waals surface area contributed by atoms with Gasteiger partial charge in [0.25, 0.3) is 5.56 Å². The van der Waals surface area contributed by atoms with Crippen molar-refractivity contribution in [3.8, 4) is 11.4 Å². The van der Waals surface area contributed by atoms with Gasteiger partial charge in [-0.2, -0.15) is 4.39 Å². The Morgan fingerprint density at radius 3 is 3.09 bits per heavy atom. The first kappa shape index (κ1) is 15.9. The number of aromatic nitrogens is 3. The van der Waals surface area contributed by atoms with Gasteiger partial charge in [0.05, 0.1) is 0 Å². The lowest BCUT2D eigenvalue weighted by Gasteiger charge is -2.33. The molecular weight excluding hydrogens is 321 g/mol. The van der Waals surface area contributed by atoms with Crippen molar-refractivity contribution in [3.05, 3.63) is 39.7 Å². The molecule has 2 aromatic heterocycles. The zero-order valence-electron chi connectivity index (χ0n) is 12.4. The fourth-order valence-corrected chi connectivity index (χ4v) is 3.00. The summed E-state index contributed by atoms with van der Waals surface area (Å²) in [6, 6.07) is 2.80. The van der Waals surface area contributed by atoms with Crippen LogP contribution in [-0.4, -0.2) is 34.6 Å². The SMILES string of the molecule is NC[C@@H]1CCCN(c2nc(-c3ccnc(F)c3)[nH]c(=O)c2Cl)C1. The number of aromatic amines is 1. The maximum Gasteiger partial charge on any atom is 0.272 e. The summed E-state index contributed by atoms with van der Waals surface area (Å²) < 4.78 is 13.3. The maximum atomic E-state index is 13.3. The fraction of sp³-hybridized carbons (Fsp3) is 0.400. The van der Waals surface area contributed by atoms with Gasteiger partial charge in [-0.25, -0.2) is 9.97 Å². The number of hydrogen-bond donors (Lipinski definition) is 2. The third-order valence-electron chi connectivity index (χ3n) is 4.00. The van der Waals surface area contributed by atoms with Crippen molar-refractivity contribution in [1.29, 1.82) is 0 Å². The van der Waals surface area contributed by atoms with Crippen LogP contribution in [0.25, 0.3) is 11.4 Å². The van der Waals surface area contributed by atoms with Crippen molar-refractivity contribution in [1.82, 2.24) is 15.0 Å². The minimum atomic E-state index is -0.636. The second-order valence-electron chi connectivity index (χ2n) is 5.61. The second-order valence-corrected chi connectivity index (χ2v) is 5.99.